The van der Waals surface area contributed by atoms with Crippen LogP contribution in [0.15, 0.2) is 36.4 Å². The maximum absolute atomic E-state index is 12.3. The number of hydrogen-bond donors (Lipinski definition) is 1. The van der Waals surface area contributed by atoms with Crippen molar-refractivity contribution < 1.29 is 33.3 Å². The fourth-order valence-electron chi connectivity index (χ4n) is 2.71. The largest absolute Gasteiger partial charge is 0.493 e. The molecule has 0 bridgehead atoms. The number of rotatable bonds is 10. The number of amides is 1. The van der Waals surface area contributed by atoms with Crippen LogP contribution < -0.4 is 29.0 Å². The van der Waals surface area contributed by atoms with E-state index in [9.17, 15) is 9.59 Å². The third-order valence-corrected chi connectivity index (χ3v) is 4.24. The highest BCUT2D eigenvalue weighted by Crippen LogP contribution is 2.38. The normalized spacial score (nSPS) is 10.4. The second-order valence-corrected chi connectivity index (χ2v) is 6.00. The molecule has 0 atom stereocenters. The van der Waals surface area contributed by atoms with Crippen LogP contribution in [-0.2, 0) is 4.79 Å². The van der Waals surface area contributed by atoms with Gasteiger partial charge in [-0.3, -0.25) is 9.59 Å². The van der Waals surface area contributed by atoms with Crippen LogP contribution in [0.25, 0.3) is 6.08 Å². The van der Waals surface area contributed by atoms with E-state index < -0.39 is 5.91 Å². The van der Waals surface area contributed by atoms with Gasteiger partial charge in [0.1, 0.15) is 0 Å². The molecule has 0 aliphatic rings. The van der Waals surface area contributed by atoms with Crippen molar-refractivity contribution >= 4 is 17.8 Å². The molecule has 8 heteroatoms. The average Bonchev–Trinajstić information content (AvgIpc) is 2.79. The fraction of sp³-hybridized carbons (Fsp3) is 0.273. The first kappa shape index (κ1) is 22.6. The van der Waals surface area contributed by atoms with E-state index in [4.69, 9.17) is 23.7 Å². The zero-order valence-electron chi connectivity index (χ0n) is 17.6. The molecule has 1 N–H and O–H groups in total. The summed E-state index contributed by atoms with van der Waals surface area (Å²) < 4.78 is 26.2. The number of carbonyl (C=O) groups is 2. The van der Waals surface area contributed by atoms with Crippen molar-refractivity contribution in [3.05, 3.63) is 47.5 Å². The summed E-state index contributed by atoms with van der Waals surface area (Å²) in [4.78, 5) is 24.5. The van der Waals surface area contributed by atoms with Gasteiger partial charge in [-0.15, -0.1) is 0 Å². The lowest BCUT2D eigenvalue weighted by molar-refractivity contribution is -0.116. The second-order valence-electron chi connectivity index (χ2n) is 6.00. The number of carbonyl (C=O) groups excluding carboxylic acids is 2. The van der Waals surface area contributed by atoms with Gasteiger partial charge in [0.05, 0.1) is 42.1 Å². The summed E-state index contributed by atoms with van der Waals surface area (Å²) in [6, 6.07) is 8.23. The minimum atomic E-state index is -0.419. The summed E-state index contributed by atoms with van der Waals surface area (Å²) in [6.45, 7) is -0.159. The lowest BCUT2D eigenvalue weighted by atomic mass is 10.1. The summed E-state index contributed by atoms with van der Waals surface area (Å²) >= 11 is 0. The summed E-state index contributed by atoms with van der Waals surface area (Å²) in [7, 11) is 7.54. The van der Waals surface area contributed by atoms with E-state index in [1.807, 2.05) is 0 Å². The third-order valence-electron chi connectivity index (χ3n) is 4.24. The Kier molecular flexibility index (Phi) is 8.10. The number of nitrogens with one attached hydrogen (secondary N) is 1. The van der Waals surface area contributed by atoms with Gasteiger partial charge in [0, 0.05) is 11.6 Å². The van der Waals surface area contributed by atoms with E-state index in [1.54, 1.807) is 36.4 Å². The molecule has 8 nitrogen and oxygen atoms in total. The minimum absolute atomic E-state index is 0.159. The average molecular weight is 415 g/mol. The molecule has 0 fully saturated rings. The van der Waals surface area contributed by atoms with Crippen LogP contribution in [0, 0.1) is 0 Å². The summed E-state index contributed by atoms with van der Waals surface area (Å²) in [6.07, 6.45) is 2.91. The number of ketones is 1. The van der Waals surface area contributed by atoms with Gasteiger partial charge in [-0.25, -0.2) is 0 Å². The Morgan fingerprint density at radius 3 is 1.93 bits per heavy atom. The van der Waals surface area contributed by atoms with Gasteiger partial charge in [-0.1, -0.05) is 0 Å². The van der Waals surface area contributed by atoms with Crippen LogP contribution >= 0.6 is 0 Å². The molecule has 1 amide bonds. The minimum Gasteiger partial charge on any atom is -0.493 e. The standard InChI is InChI=1S/C22H25NO7/c1-26-17-8-7-15(12-18(17)27-2)16(24)13-23-21(25)9-6-14-10-19(28-3)22(30-5)20(11-14)29-4/h6-12H,13H2,1-5H3,(H,23,25)/b9-6+. The molecule has 2 aromatic rings. The molecule has 0 saturated heterocycles. The van der Waals surface area contributed by atoms with Crippen molar-refractivity contribution in [3.8, 4) is 28.7 Å². The van der Waals surface area contributed by atoms with Crippen LogP contribution in [0.4, 0.5) is 0 Å². The molecule has 2 aromatic carbocycles. The second kappa shape index (κ2) is 10.8. The van der Waals surface area contributed by atoms with Crippen LogP contribution in [0.3, 0.4) is 0 Å². The SMILES string of the molecule is COc1ccc(C(=O)CNC(=O)/C=C/c2cc(OC)c(OC)c(OC)c2)cc1OC. The molecule has 160 valence electrons. The van der Waals surface area contributed by atoms with Gasteiger partial charge in [0.25, 0.3) is 0 Å². The molecule has 2 rings (SSSR count). The van der Waals surface area contributed by atoms with Crippen molar-refractivity contribution in [2.45, 2.75) is 0 Å². The van der Waals surface area contributed by atoms with E-state index in [0.717, 1.165) is 0 Å². The predicted octanol–water partition coefficient (Wildman–Crippen LogP) is 2.74. The zero-order chi connectivity index (χ0) is 22.1. The van der Waals surface area contributed by atoms with E-state index >= 15 is 0 Å². The Labute approximate surface area is 175 Å². The highest BCUT2D eigenvalue weighted by atomic mass is 16.5. The molecule has 0 aromatic heterocycles. The molecular weight excluding hydrogens is 390 g/mol. The molecule has 30 heavy (non-hydrogen) atoms. The van der Waals surface area contributed by atoms with Gasteiger partial charge in [0.15, 0.2) is 28.8 Å². The molecule has 0 aliphatic carbocycles. The molecule has 0 unspecified atom stereocenters. The molecule has 0 aliphatic heterocycles. The summed E-state index contributed by atoms with van der Waals surface area (Å²) in [5, 5.41) is 2.56. The number of ether oxygens (including phenoxy) is 5. The third kappa shape index (κ3) is 5.44. The lowest BCUT2D eigenvalue weighted by Gasteiger charge is -2.12. The van der Waals surface area contributed by atoms with Gasteiger partial charge in [0.2, 0.25) is 11.7 Å². The quantitative estimate of drug-likeness (QED) is 0.471. The Morgan fingerprint density at radius 2 is 1.40 bits per heavy atom. The highest BCUT2D eigenvalue weighted by Gasteiger charge is 2.13. The lowest BCUT2D eigenvalue weighted by Crippen LogP contribution is -2.28. The monoisotopic (exact) mass is 415 g/mol. The van der Waals surface area contributed by atoms with Crippen molar-refractivity contribution in [2.75, 3.05) is 42.1 Å². The van der Waals surface area contributed by atoms with Crippen molar-refractivity contribution in [2.24, 2.45) is 0 Å². The Hall–Kier alpha value is -3.68. The number of methoxy groups -OCH3 is 5. The van der Waals surface area contributed by atoms with Gasteiger partial charge in [-0.2, -0.15) is 0 Å². The van der Waals surface area contributed by atoms with E-state index in [2.05, 4.69) is 5.32 Å². The van der Waals surface area contributed by atoms with Crippen molar-refractivity contribution in [1.29, 1.82) is 0 Å². The molecule has 0 radical (unpaired) electrons. The van der Waals surface area contributed by atoms with E-state index in [-0.39, 0.29) is 12.3 Å². The molecule has 0 saturated carbocycles. The van der Waals surface area contributed by atoms with Crippen molar-refractivity contribution in [1.82, 2.24) is 5.32 Å². The Balaban J connectivity index is 2.04. The first-order chi connectivity index (χ1) is 14.5. The molecule has 0 heterocycles. The molecule has 0 spiro atoms. The first-order valence-corrected chi connectivity index (χ1v) is 8.98. The van der Waals surface area contributed by atoms with E-state index in [0.29, 0.717) is 39.9 Å². The number of benzene rings is 2. The topological polar surface area (TPSA) is 92.3 Å². The Morgan fingerprint density at radius 1 is 0.800 bits per heavy atom. The smallest absolute Gasteiger partial charge is 0.244 e. The summed E-state index contributed by atoms with van der Waals surface area (Å²) in [5.41, 5.74) is 1.08. The van der Waals surface area contributed by atoms with Crippen molar-refractivity contribution in [3.63, 3.8) is 0 Å². The summed E-state index contributed by atoms with van der Waals surface area (Å²) in [5.74, 6) is 1.69. The Bertz CT molecular complexity index is 912. The fourth-order valence-corrected chi connectivity index (χ4v) is 2.71. The van der Waals surface area contributed by atoms with Crippen LogP contribution in [0.2, 0.25) is 0 Å². The van der Waals surface area contributed by atoms with Gasteiger partial charge in [-0.05, 0) is 42.0 Å². The van der Waals surface area contributed by atoms with Gasteiger partial charge < -0.3 is 29.0 Å². The maximum Gasteiger partial charge on any atom is 0.244 e. The number of Topliss-reactive ketones (excluding diaryl/α,β-unsaturated/α-hetero) is 1. The van der Waals surface area contributed by atoms with Crippen LogP contribution in [-0.4, -0.2) is 53.8 Å². The predicted molar refractivity (Wildman–Crippen MR) is 112 cm³/mol. The maximum atomic E-state index is 12.3. The first-order valence-electron chi connectivity index (χ1n) is 8.98. The van der Waals surface area contributed by atoms with E-state index in [1.165, 1.54) is 41.6 Å². The number of hydrogen-bond acceptors (Lipinski definition) is 7. The van der Waals surface area contributed by atoms with Gasteiger partial charge >= 0.3 is 0 Å². The van der Waals surface area contributed by atoms with Crippen LogP contribution in [0.1, 0.15) is 15.9 Å². The zero-order valence-corrected chi connectivity index (χ0v) is 17.6. The van der Waals surface area contributed by atoms with Crippen LogP contribution in [0.5, 0.6) is 28.7 Å². The molecular formula is C22H25NO7. The highest BCUT2D eigenvalue weighted by molar-refractivity contribution is 6.01.